The molecule has 0 aliphatic heterocycles. The van der Waals surface area contributed by atoms with Crippen LogP contribution in [0.15, 0.2) is 18.2 Å². The minimum Gasteiger partial charge on any atom is -0.351 e. The number of hydrazine groups is 1. The van der Waals surface area contributed by atoms with Crippen molar-refractivity contribution in [2.24, 2.45) is 5.84 Å². The zero-order chi connectivity index (χ0) is 14.6. The van der Waals surface area contributed by atoms with Crippen LogP contribution in [-0.4, -0.2) is 23.5 Å². The molecule has 1 aliphatic carbocycles. The Morgan fingerprint density at radius 2 is 2.15 bits per heavy atom. The minimum absolute atomic E-state index is 0.138. The zero-order valence-electron chi connectivity index (χ0n) is 11.5. The van der Waals surface area contributed by atoms with Crippen molar-refractivity contribution in [1.29, 1.82) is 0 Å². The van der Waals surface area contributed by atoms with E-state index in [1.165, 1.54) is 12.8 Å². The summed E-state index contributed by atoms with van der Waals surface area (Å²) in [5.74, 6) is 5.29. The number of nitrogens with two attached hydrogens (primary N) is 1. The SMILES string of the molecule is CSC1(CNC(=O)c2cc(Cl)ccc2NN)CCCC1. The van der Waals surface area contributed by atoms with Crippen LogP contribution in [0.2, 0.25) is 5.02 Å². The summed E-state index contributed by atoms with van der Waals surface area (Å²) in [6.07, 6.45) is 6.91. The Hall–Kier alpha value is -0.910. The van der Waals surface area contributed by atoms with Crippen molar-refractivity contribution in [2.75, 3.05) is 18.2 Å². The number of amides is 1. The van der Waals surface area contributed by atoms with E-state index < -0.39 is 0 Å². The molecule has 1 aromatic carbocycles. The summed E-state index contributed by atoms with van der Waals surface area (Å²) >= 11 is 7.80. The molecule has 0 spiro atoms. The van der Waals surface area contributed by atoms with Gasteiger partial charge in [0.2, 0.25) is 0 Å². The van der Waals surface area contributed by atoms with Gasteiger partial charge in [0.15, 0.2) is 0 Å². The molecule has 0 unspecified atom stereocenters. The summed E-state index contributed by atoms with van der Waals surface area (Å²) in [5, 5.41) is 3.54. The standard InChI is InChI=1S/C14H20ClN3OS/c1-20-14(6-2-3-7-14)9-17-13(19)11-8-10(15)4-5-12(11)18-16/h4-5,8,18H,2-3,6-7,9,16H2,1H3,(H,17,19). The number of carbonyl (C=O) groups excluding carboxylic acids is 1. The minimum atomic E-state index is -0.138. The van der Waals surface area contributed by atoms with Gasteiger partial charge in [0.05, 0.1) is 11.3 Å². The topological polar surface area (TPSA) is 67.2 Å². The van der Waals surface area contributed by atoms with E-state index in [-0.39, 0.29) is 10.7 Å². The number of halogens is 1. The number of thioether (sulfide) groups is 1. The van der Waals surface area contributed by atoms with Gasteiger partial charge in [-0.1, -0.05) is 24.4 Å². The molecule has 4 N–H and O–H groups in total. The molecule has 1 amide bonds. The first-order chi connectivity index (χ1) is 9.60. The van der Waals surface area contributed by atoms with Crippen molar-refractivity contribution in [3.05, 3.63) is 28.8 Å². The van der Waals surface area contributed by atoms with E-state index in [1.54, 1.807) is 18.2 Å². The Labute approximate surface area is 128 Å². The molecule has 1 aliphatic rings. The number of nitrogen functional groups attached to an aromatic ring is 1. The molecule has 0 aromatic heterocycles. The first-order valence-corrected chi connectivity index (χ1v) is 8.30. The Morgan fingerprint density at radius 1 is 1.45 bits per heavy atom. The predicted octanol–water partition coefficient (Wildman–Crippen LogP) is 3.03. The second-order valence-corrected chi connectivity index (χ2v) is 6.82. The molecule has 1 fully saturated rings. The molecule has 1 aromatic rings. The Bertz CT molecular complexity index is 489. The quantitative estimate of drug-likeness (QED) is 0.577. The molecule has 4 nitrogen and oxygen atoms in total. The first kappa shape index (κ1) is 15.5. The lowest BCUT2D eigenvalue weighted by molar-refractivity contribution is 0.0950. The second kappa shape index (κ2) is 6.70. The molecular weight excluding hydrogens is 294 g/mol. The lowest BCUT2D eigenvalue weighted by Gasteiger charge is -2.27. The predicted molar refractivity (Wildman–Crippen MR) is 86.3 cm³/mol. The molecule has 0 heterocycles. The van der Waals surface area contributed by atoms with Crippen molar-refractivity contribution in [1.82, 2.24) is 5.32 Å². The summed E-state index contributed by atoms with van der Waals surface area (Å²) in [6, 6.07) is 5.04. The number of carbonyl (C=O) groups is 1. The molecular formula is C14H20ClN3OS. The molecule has 0 saturated heterocycles. The van der Waals surface area contributed by atoms with Crippen molar-refractivity contribution < 1.29 is 4.79 Å². The van der Waals surface area contributed by atoms with Crippen LogP contribution in [0, 0.1) is 0 Å². The van der Waals surface area contributed by atoms with Crippen LogP contribution in [0.1, 0.15) is 36.0 Å². The third-order valence-electron chi connectivity index (χ3n) is 3.90. The van der Waals surface area contributed by atoms with Gasteiger partial charge < -0.3 is 10.7 Å². The normalized spacial score (nSPS) is 16.9. The summed E-state index contributed by atoms with van der Waals surface area (Å²) < 4.78 is 0.185. The van der Waals surface area contributed by atoms with Crippen LogP contribution in [0.4, 0.5) is 5.69 Å². The van der Waals surface area contributed by atoms with E-state index in [4.69, 9.17) is 17.4 Å². The second-order valence-electron chi connectivity index (χ2n) is 5.11. The Morgan fingerprint density at radius 3 is 2.75 bits per heavy atom. The van der Waals surface area contributed by atoms with Gasteiger partial charge in [0.25, 0.3) is 5.91 Å². The zero-order valence-corrected chi connectivity index (χ0v) is 13.1. The summed E-state index contributed by atoms with van der Waals surface area (Å²) in [5.41, 5.74) is 3.59. The van der Waals surface area contributed by atoms with Gasteiger partial charge in [0, 0.05) is 16.3 Å². The van der Waals surface area contributed by atoms with Crippen molar-refractivity contribution >= 4 is 35.0 Å². The maximum atomic E-state index is 12.3. The fourth-order valence-electron chi connectivity index (χ4n) is 2.64. The number of nitrogens with one attached hydrogen (secondary N) is 2. The van der Waals surface area contributed by atoms with Gasteiger partial charge >= 0.3 is 0 Å². The number of anilines is 1. The number of rotatable bonds is 5. The number of hydrogen-bond acceptors (Lipinski definition) is 4. The molecule has 6 heteroatoms. The van der Waals surface area contributed by atoms with Gasteiger partial charge in [-0.3, -0.25) is 10.6 Å². The number of hydrogen-bond donors (Lipinski definition) is 3. The molecule has 0 bridgehead atoms. The van der Waals surface area contributed by atoms with Gasteiger partial charge in [-0.15, -0.1) is 0 Å². The van der Waals surface area contributed by atoms with Crippen molar-refractivity contribution in [2.45, 2.75) is 30.4 Å². The van der Waals surface area contributed by atoms with Crippen LogP contribution in [0.3, 0.4) is 0 Å². The average molecular weight is 314 g/mol. The fraction of sp³-hybridized carbons (Fsp3) is 0.500. The largest absolute Gasteiger partial charge is 0.351 e. The van der Waals surface area contributed by atoms with Crippen LogP contribution in [0.5, 0.6) is 0 Å². The lowest BCUT2D eigenvalue weighted by Crippen LogP contribution is -2.38. The third-order valence-corrected chi connectivity index (χ3v) is 5.55. The third kappa shape index (κ3) is 3.40. The molecule has 2 rings (SSSR count). The summed E-state index contributed by atoms with van der Waals surface area (Å²) in [4.78, 5) is 12.3. The van der Waals surface area contributed by atoms with E-state index >= 15 is 0 Å². The van der Waals surface area contributed by atoms with Crippen LogP contribution in [-0.2, 0) is 0 Å². The van der Waals surface area contributed by atoms with Gasteiger partial charge in [-0.25, -0.2) is 0 Å². The Kier molecular flexibility index (Phi) is 5.18. The molecule has 20 heavy (non-hydrogen) atoms. The van der Waals surface area contributed by atoms with Crippen molar-refractivity contribution in [3.8, 4) is 0 Å². The average Bonchev–Trinajstić information content (AvgIpc) is 2.94. The highest BCUT2D eigenvalue weighted by atomic mass is 35.5. The van der Waals surface area contributed by atoms with Crippen LogP contribution >= 0.6 is 23.4 Å². The highest BCUT2D eigenvalue weighted by Gasteiger charge is 2.33. The van der Waals surface area contributed by atoms with E-state index in [0.29, 0.717) is 22.8 Å². The maximum Gasteiger partial charge on any atom is 0.253 e. The van der Waals surface area contributed by atoms with Gasteiger partial charge in [-0.2, -0.15) is 11.8 Å². The van der Waals surface area contributed by atoms with Crippen molar-refractivity contribution in [3.63, 3.8) is 0 Å². The van der Waals surface area contributed by atoms with E-state index in [2.05, 4.69) is 17.0 Å². The van der Waals surface area contributed by atoms with Crippen LogP contribution < -0.4 is 16.6 Å². The monoisotopic (exact) mass is 313 g/mol. The van der Waals surface area contributed by atoms with Crippen LogP contribution in [0.25, 0.3) is 0 Å². The molecule has 0 atom stereocenters. The maximum absolute atomic E-state index is 12.3. The van der Waals surface area contributed by atoms with Gasteiger partial charge in [-0.05, 0) is 37.3 Å². The van der Waals surface area contributed by atoms with E-state index in [1.807, 2.05) is 11.8 Å². The number of benzene rings is 1. The first-order valence-electron chi connectivity index (χ1n) is 6.70. The summed E-state index contributed by atoms with van der Waals surface area (Å²) in [6.45, 7) is 0.684. The van der Waals surface area contributed by atoms with E-state index in [0.717, 1.165) is 12.8 Å². The smallest absolute Gasteiger partial charge is 0.253 e. The summed E-state index contributed by atoms with van der Waals surface area (Å²) in [7, 11) is 0. The molecule has 1 saturated carbocycles. The lowest BCUT2D eigenvalue weighted by atomic mass is 10.1. The van der Waals surface area contributed by atoms with E-state index in [9.17, 15) is 4.79 Å². The van der Waals surface area contributed by atoms with Gasteiger partial charge in [0.1, 0.15) is 0 Å². The molecule has 110 valence electrons. The molecule has 0 radical (unpaired) electrons. The fourth-order valence-corrected chi connectivity index (χ4v) is 3.72. The highest BCUT2D eigenvalue weighted by Crippen LogP contribution is 2.39. The Balaban J connectivity index is 2.06. The highest BCUT2D eigenvalue weighted by molar-refractivity contribution is 8.00.